The summed E-state index contributed by atoms with van der Waals surface area (Å²) in [7, 11) is 0. The molecule has 0 spiro atoms. The monoisotopic (exact) mass is 562 g/mol. The molecule has 1 fully saturated rings. The van der Waals surface area contributed by atoms with Gasteiger partial charge in [0.05, 0.1) is 12.2 Å². The molecule has 1 aliphatic rings. The van der Waals surface area contributed by atoms with Crippen LogP contribution in [0.15, 0.2) is 53.7 Å². The van der Waals surface area contributed by atoms with Gasteiger partial charge in [0.1, 0.15) is 12.9 Å². The number of aromatic nitrogens is 7. The number of pyridine rings is 1. The summed E-state index contributed by atoms with van der Waals surface area (Å²) < 4.78 is 42.2. The standard InChI is InChI=1S/C24H22ClF3N8O3/c1-23(8-9-23)31-21(38)19-16(3-2-10-29-19)36-13-30-18(32-36)12-35-22(39)34(11-17(37)24(26,27)28)20(33-35)14-4-6-15(25)7-5-14/h2-7,10,13,17,37H,8-9,11-12H2,1H3,(H,31,38)/t17-/m1/s1. The van der Waals surface area contributed by atoms with Gasteiger partial charge in [-0.3, -0.25) is 9.36 Å². The molecular formula is C24H22ClF3N8O3. The zero-order chi connectivity index (χ0) is 27.9. The molecule has 4 aromatic rings. The molecule has 11 nitrogen and oxygen atoms in total. The number of nitrogens with zero attached hydrogens (tertiary/aromatic N) is 7. The van der Waals surface area contributed by atoms with E-state index in [9.17, 15) is 27.9 Å². The summed E-state index contributed by atoms with van der Waals surface area (Å²) in [4.78, 5) is 34.2. The fourth-order valence-electron chi connectivity index (χ4n) is 3.82. The fraction of sp³-hybridized carbons (Fsp3) is 0.333. The number of amides is 1. The average molecular weight is 563 g/mol. The first kappa shape index (κ1) is 26.6. The first-order valence-electron chi connectivity index (χ1n) is 11.8. The molecule has 5 rings (SSSR count). The third-order valence-corrected chi connectivity index (χ3v) is 6.50. The summed E-state index contributed by atoms with van der Waals surface area (Å²) in [5.41, 5.74) is -0.362. The topological polar surface area (TPSA) is 133 Å². The smallest absolute Gasteiger partial charge is 0.382 e. The molecule has 1 atom stereocenters. The van der Waals surface area contributed by atoms with Crippen molar-refractivity contribution in [1.29, 1.82) is 0 Å². The van der Waals surface area contributed by atoms with E-state index in [1.54, 1.807) is 12.1 Å². The molecule has 0 radical (unpaired) electrons. The Morgan fingerprint density at radius 1 is 1.18 bits per heavy atom. The largest absolute Gasteiger partial charge is 0.416 e. The van der Waals surface area contributed by atoms with Crippen LogP contribution in [0.1, 0.15) is 36.1 Å². The van der Waals surface area contributed by atoms with Crippen molar-refractivity contribution >= 4 is 17.5 Å². The lowest BCUT2D eigenvalue weighted by atomic mass is 10.2. The number of carbonyl (C=O) groups is 1. The second-order valence-electron chi connectivity index (χ2n) is 9.43. The fourth-order valence-corrected chi connectivity index (χ4v) is 3.95. The van der Waals surface area contributed by atoms with Gasteiger partial charge < -0.3 is 10.4 Å². The summed E-state index contributed by atoms with van der Waals surface area (Å²) in [6.45, 7) is 0.584. The van der Waals surface area contributed by atoms with Crippen LogP contribution in [-0.2, 0) is 13.1 Å². The van der Waals surface area contributed by atoms with Gasteiger partial charge in [0.25, 0.3) is 5.91 Å². The molecule has 3 aromatic heterocycles. The van der Waals surface area contributed by atoms with Gasteiger partial charge in [0.15, 0.2) is 23.4 Å². The van der Waals surface area contributed by atoms with Crippen molar-refractivity contribution in [2.45, 2.75) is 50.7 Å². The first-order valence-corrected chi connectivity index (χ1v) is 12.2. The van der Waals surface area contributed by atoms with Crippen molar-refractivity contribution in [3.8, 4) is 17.1 Å². The molecule has 39 heavy (non-hydrogen) atoms. The number of rotatable bonds is 8. The maximum Gasteiger partial charge on any atom is 0.416 e. The molecule has 1 saturated carbocycles. The normalized spacial score (nSPS) is 15.2. The molecule has 0 bridgehead atoms. The molecule has 1 aliphatic carbocycles. The van der Waals surface area contributed by atoms with Gasteiger partial charge in [-0.05, 0) is 56.2 Å². The van der Waals surface area contributed by atoms with E-state index in [2.05, 4.69) is 25.5 Å². The number of alkyl halides is 3. The Kier molecular flexibility index (Phi) is 6.76. The number of hydrogen-bond acceptors (Lipinski definition) is 7. The van der Waals surface area contributed by atoms with Crippen molar-refractivity contribution in [2.75, 3.05) is 0 Å². The molecule has 0 unspecified atom stereocenters. The number of hydrogen-bond donors (Lipinski definition) is 2. The molecule has 0 saturated heterocycles. The van der Waals surface area contributed by atoms with Crippen LogP contribution in [0.4, 0.5) is 13.2 Å². The Balaban J connectivity index is 1.45. The van der Waals surface area contributed by atoms with E-state index in [-0.39, 0.29) is 35.3 Å². The van der Waals surface area contributed by atoms with Crippen molar-refractivity contribution in [1.82, 2.24) is 39.4 Å². The number of aliphatic hydroxyl groups is 1. The lowest BCUT2D eigenvalue weighted by Crippen LogP contribution is -2.37. The number of nitrogens with one attached hydrogen (secondary N) is 1. The molecule has 1 aromatic carbocycles. The van der Waals surface area contributed by atoms with Gasteiger partial charge >= 0.3 is 11.9 Å². The van der Waals surface area contributed by atoms with E-state index in [0.717, 1.165) is 22.1 Å². The lowest BCUT2D eigenvalue weighted by molar-refractivity contribution is -0.207. The summed E-state index contributed by atoms with van der Waals surface area (Å²) in [6, 6.07) is 9.25. The van der Waals surface area contributed by atoms with Crippen LogP contribution in [0.25, 0.3) is 17.1 Å². The maximum atomic E-state index is 13.1. The predicted octanol–water partition coefficient (Wildman–Crippen LogP) is 2.59. The molecule has 2 N–H and O–H groups in total. The van der Waals surface area contributed by atoms with Gasteiger partial charge in [0.2, 0.25) is 0 Å². The van der Waals surface area contributed by atoms with Gasteiger partial charge in [0, 0.05) is 22.3 Å². The minimum absolute atomic E-state index is 0.0980. The lowest BCUT2D eigenvalue weighted by Gasteiger charge is -2.15. The molecule has 3 heterocycles. The Bertz CT molecular complexity index is 1570. The van der Waals surface area contributed by atoms with Crippen LogP contribution in [-0.4, -0.2) is 62.9 Å². The van der Waals surface area contributed by atoms with Crippen molar-refractivity contribution in [3.05, 3.63) is 75.9 Å². The number of carbonyl (C=O) groups excluding carboxylic acids is 1. The molecule has 1 amide bonds. The van der Waals surface area contributed by atoms with Crippen LogP contribution in [0, 0.1) is 0 Å². The zero-order valence-corrected chi connectivity index (χ0v) is 21.2. The highest BCUT2D eigenvalue weighted by Crippen LogP contribution is 2.34. The Morgan fingerprint density at radius 3 is 2.56 bits per heavy atom. The maximum absolute atomic E-state index is 13.1. The Morgan fingerprint density at radius 2 is 1.90 bits per heavy atom. The van der Waals surface area contributed by atoms with E-state index in [1.165, 1.54) is 41.5 Å². The van der Waals surface area contributed by atoms with E-state index < -0.39 is 24.5 Å². The Hall–Kier alpha value is -4.04. The number of aliphatic hydroxyl groups excluding tert-OH is 1. The number of benzene rings is 1. The Labute approximate surface area is 223 Å². The van der Waals surface area contributed by atoms with Crippen molar-refractivity contribution in [3.63, 3.8) is 0 Å². The summed E-state index contributed by atoms with van der Waals surface area (Å²) in [5.74, 6) is -0.363. The third kappa shape index (κ3) is 5.71. The average Bonchev–Trinajstić information content (AvgIpc) is 3.29. The highest BCUT2D eigenvalue weighted by Gasteiger charge is 2.40. The summed E-state index contributed by atoms with van der Waals surface area (Å²) in [6.07, 6.45) is -3.18. The SMILES string of the molecule is CC1(NC(=O)c2ncccc2-n2cnc(Cn3nc(-c4ccc(Cl)cc4)n(C[C@@H](O)C(F)(F)F)c3=O)n2)CC1. The van der Waals surface area contributed by atoms with Crippen LogP contribution in [0.5, 0.6) is 0 Å². The highest BCUT2D eigenvalue weighted by atomic mass is 35.5. The first-order chi connectivity index (χ1) is 18.4. The van der Waals surface area contributed by atoms with Crippen molar-refractivity contribution in [2.24, 2.45) is 0 Å². The van der Waals surface area contributed by atoms with Crippen molar-refractivity contribution < 1.29 is 23.1 Å². The van der Waals surface area contributed by atoms with Crippen LogP contribution in [0.2, 0.25) is 5.02 Å². The van der Waals surface area contributed by atoms with Crippen LogP contribution in [0.3, 0.4) is 0 Å². The third-order valence-electron chi connectivity index (χ3n) is 6.25. The van der Waals surface area contributed by atoms with Gasteiger partial charge in [-0.15, -0.1) is 10.2 Å². The molecular weight excluding hydrogens is 541 g/mol. The van der Waals surface area contributed by atoms with E-state index in [1.807, 2.05) is 6.92 Å². The molecule has 0 aliphatic heterocycles. The van der Waals surface area contributed by atoms with Crippen LogP contribution < -0.4 is 11.0 Å². The summed E-state index contributed by atoms with van der Waals surface area (Å²) >= 11 is 5.91. The van der Waals surface area contributed by atoms with Crippen LogP contribution >= 0.6 is 11.6 Å². The predicted molar refractivity (Wildman–Crippen MR) is 132 cm³/mol. The second kappa shape index (κ2) is 9.93. The zero-order valence-electron chi connectivity index (χ0n) is 20.4. The van der Waals surface area contributed by atoms with Gasteiger partial charge in [-0.25, -0.2) is 24.1 Å². The molecule has 204 valence electrons. The van der Waals surface area contributed by atoms with Gasteiger partial charge in [-0.1, -0.05) is 11.6 Å². The van der Waals surface area contributed by atoms with E-state index >= 15 is 0 Å². The second-order valence-corrected chi connectivity index (χ2v) is 9.87. The minimum Gasteiger partial charge on any atom is -0.382 e. The molecule has 15 heteroatoms. The van der Waals surface area contributed by atoms with Gasteiger partial charge in [-0.2, -0.15) is 13.2 Å². The quantitative estimate of drug-likeness (QED) is 0.337. The highest BCUT2D eigenvalue weighted by molar-refractivity contribution is 6.30. The summed E-state index contributed by atoms with van der Waals surface area (Å²) in [5, 5.41) is 21.5. The minimum atomic E-state index is -4.94. The van der Waals surface area contributed by atoms with E-state index in [4.69, 9.17) is 11.6 Å². The van der Waals surface area contributed by atoms with E-state index in [0.29, 0.717) is 16.3 Å². The number of halogens is 4.